The lowest BCUT2D eigenvalue weighted by Gasteiger charge is -2.18. The third-order valence-electron chi connectivity index (χ3n) is 2.28. The molecule has 0 radical (unpaired) electrons. The molecule has 2 heterocycles. The van der Waals surface area contributed by atoms with Crippen LogP contribution in [0.25, 0.3) is 0 Å². The average molecular weight is 271 g/mol. The molecule has 0 atom stereocenters. The predicted molar refractivity (Wildman–Crippen MR) is 66.1 cm³/mol. The number of hydrogen-bond donors (Lipinski definition) is 1. The largest absolute Gasteiger partial charge is 0.332 e. The Bertz CT molecular complexity index is 496. The Balaban J connectivity index is 2.09. The molecule has 0 unspecified atom stereocenters. The highest BCUT2D eigenvalue weighted by atomic mass is 35.5. The van der Waals surface area contributed by atoms with Crippen LogP contribution in [0, 0.1) is 0 Å². The van der Waals surface area contributed by atoms with Gasteiger partial charge in [0.1, 0.15) is 0 Å². The van der Waals surface area contributed by atoms with Crippen LogP contribution in [0.5, 0.6) is 0 Å². The molecule has 2 aromatic heterocycles. The van der Waals surface area contributed by atoms with Crippen molar-refractivity contribution in [3.8, 4) is 0 Å². The maximum absolute atomic E-state index is 12.0. The van der Waals surface area contributed by atoms with Gasteiger partial charge >= 0.3 is 0 Å². The van der Waals surface area contributed by atoms with Crippen molar-refractivity contribution in [3.05, 3.63) is 33.2 Å². The van der Waals surface area contributed by atoms with Crippen LogP contribution in [0.3, 0.4) is 0 Å². The quantitative estimate of drug-likeness (QED) is 0.926. The zero-order valence-corrected chi connectivity index (χ0v) is 10.8. The molecule has 0 aromatic carbocycles. The van der Waals surface area contributed by atoms with Crippen molar-refractivity contribution in [1.82, 2.24) is 20.3 Å². The molecule has 90 valence electrons. The number of hydrogen-bond acceptors (Lipinski definition) is 4. The number of aromatic nitrogens is 3. The van der Waals surface area contributed by atoms with Gasteiger partial charge in [0.15, 0.2) is 5.69 Å². The third-order valence-corrected chi connectivity index (χ3v) is 3.49. The van der Waals surface area contributed by atoms with Gasteiger partial charge in [-0.2, -0.15) is 15.4 Å². The van der Waals surface area contributed by atoms with E-state index in [9.17, 15) is 4.79 Å². The van der Waals surface area contributed by atoms with Crippen molar-refractivity contribution in [2.45, 2.75) is 13.5 Å². The number of thiophene rings is 1. The molecule has 7 heteroatoms. The first-order valence-electron chi connectivity index (χ1n) is 5.10. The van der Waals surface area contributed by atoms with Crippen LogP contribution in [0.1, 0.15) is 22.3 Å². The first kappa shape index (κ1) is 12.1. The van der Waals surface area contributed by atoms with E-state index < -0.39 is 0 Å². The Kier molecular flexibility index (Phi) is 3.75. The second kappa shape index (κ2) is 5.29. The van der Waals surface area contributed by atoms with Crippen molar-refractivity contribution in [3.63, 3.8) is 0 Å². The van der Waals surface area contributed by atoms with Gasteiger partial charge in [-0.1, -0.05) is 11.6 Å². The van der Waals surface area contributed by atoms with Gasteiger partial charge in [0.25, 0.3) is 5.91 Å². The summed E-state index contributed by atoms with van der Waals surface area (Å²) in [4.78, 5) is 14.8. The Hall–Kier alpha value is -1.40. The molecule has 1 amide bonds. The average Bonchev–Trinajstić information content (AvgIpc) is 2.96. The van der Waals surface area contributed by atoms with E-state index in [0.717, 1.165) is 9.21 Å². The van der Waals surface area contributed by atoms with Crippen molar-refractivity contribution >= 4 is 28.8 Å². The summed E-state index contributed by atoms with van der Waals surface area (Å²) in [5, 5.41) is 9.84. The Morgan fingerprint density at radius 3 is 2.94 bits per heavy atom. The van der Waals surface area contributed by atoms with Gasteiger partial charge in [-0.15, -0.1) is 11.3 Å². The standard InChI is InChI=1S/C10H11ClN4OS/c1-2-15(6-7-3-4-9(11)17-7)10(16)8-5-12-14-13-8/h3-5H,2,6H2,1H3,(H,12,13,14). The highest BCUT2D eigenvalue weighted by Gasteiger charge is 2.17. The molecule has 0 aliphatic heterocycles. The number of carbonyl (C=O) groups is 1. The van der Waals surface area contributed by atoms with Crippen LogP contribution < -0.4 is 0 Å². The summed E-state index contributed by atoms with van der Waals surface area (Å²) < 4.78 is 0.727. The smallest absolute Gasteiger partial charge is 0.276 e. The number of halogens is 1. The molecule has 5 nitrogen and oxygen atoms in total. The lowest BCUT2D eigenvalue weighted by molar-refractivity contribution is 0.0748. The molecule has 0 fully saturated rings. The van der Waals surface area contributed by atoms with Crippen LogP contribution in [0.15, 0.2) is 18.3 Å². The SMILES string of the molecule is CCN(Cc1ccc(Cl)s1)C(=O)c1cn[nH]n1. The lowest BCUT2D eigenvalue weighted by Crippen LogP contribution is -2.30. The van der Waals surface area contributed by atoms with Gasteiger partial charge in [0.2, 0.25) is 0 Å². The Labute approximate surface area is 107 Å². The van der Waals surface area contributed by atoms with E-state index >= 15 is 0 Å². The van der Waals surface area contributed by atoms with Gasteiger partial charge in [-0.05, 0) is 19.1 Å². The molecule has 0 aliphatic carbocycles. The molecule has 2 aromatic rings. The monoisotopic (exact) mass is 270 g/mol. The van der Waals surface area contributed by atoms with Gasteiger partial charge < -0.3 is 4.90 Å². The second-order valence-corrected chi connectivity index (χ2v) is 5.18. The summed E-state index contributed by atoms with van der Waals surface area (Å²) in [7, 11) is 0. The zero-order chi connectivity index (χ0) is 12.3. The number of nitrogens with one attached hydrogen (secondary N) is 1. The van der Waals surface area contributed by atoms with E-state index in [1.165, 1.54) is 17.5 Å². The predicted octanol–water partition coefficient (Wildman–Crippen LogP) is 2.18. The maximum Gasteiger partial charge on any atom is 0.276 e. The van der Waals surface area contributed by atoms with E-state index in [-0.39, 0.29) is 5.91 Å². The fourth-order valence-corrected chi connectivity index (χ4v) is 2.52. The number of amides is 1. The molecule has 0 spiro atoms. The Morgan fingerprint density at radius 1 is 1.59 bits per heavy atom. The highest BCUT2D eigenvalue weighted by molar-refractivity contribution is 7.16. The fraction of sp³-hybridized carbons (Fsp3) is 0.300. The molecule has 2 rings (SSSR count). The number of rotatable bonds is 4. The minimum Gasteiger partial charge on any atom is -0.332 e. The van der Waals surface area contributed by atoms with Gasteiger partial charge in [0.05, 0.1) is 17.1 Å². The summed E-state index contributed by atoms with van der Waals surface area (Å²) in [5.74, 6) is -0.134. The first-order chi connectivity index (χ1) is 8.20. The minimum atomic E-state index is -0.134. The molecule has 0 aliphatic rings. The third kappa shape index (κ3) is 2.83. The molecule has 0 saturated heterocycles. The van der Waals surface area contributed by atoms with E-state index in [0.29, 0.717) is 18.8 Å². The number of H-pyrrole nitrogens is 1. The summed E-state index contributed by atoms with van der Waals surface area (Å²) in [5.41, 5.74) is 0.328. The molecule has 17 heavy (non-hydrogen) atoms. The zero-order valence-electron chi connectivity index (χ0n) is 9.18. The van der Waals surface area contributed by atoms with Crippen molar-refractivity contribution < 1.29 is 4.79 Å². The second-order valence-electron chi connectivity index (χ2n) is 3.38. The van der Waals surface area contributed by atoms with Crippen molar-refractivity contribution in [2.24, 2.45) is 0 Å². The number of nitrogens with zero attached hydrogens (tertiary/aromatic N) is 3. The van der Waals surface area contributed by atoms with E-state index in [1.54, 1.807) is 4.90 Å². The van der Waals surface area contributed by atoms with Gasteiger partial charge in [-0.25, -0.2) is 0 Å². The van der Waals surface area contributed by atoms with Crippen molar-refractivity contribution in [1.29, 1.82) is 0 Å². The van der Waals surface area contributed by atoms with Crippen LogP contribution in [-0.2, 0) is 6.54 Å². The Morgan fingerprint density at radius 2 is 2.41 bits per heavy atom. The van der Waals surface area contributed by atoms with Gasteiger partial charge in [0, 0.05) is 11.4 Å². The van der Waals surface area contributed by atoms with Crippen LogP contribution >= 0.6 is 22.9 Å². The van der Waals surface area contributed by atoms with E-state index in [2.05, 4.69) is 15.4 Å². The summed E-state index contributed by atoms with van der Waals surface area (Å²) in [6, 6.07) is 3.75. The first-order valence-corrected chi connectivity index (χ1v) is 6.29. The van der Waals surface area contributed by atoms with Crippen LogP contribution in [0.4, 0.5) is 0 Å². The minimum absolute atomic E-state index is 0.134. The summed E-state index contributed by atoms with van der Waals surface area (Å²) in [6.45, 7) is 3.08. The number of aromatic amines is 1. The van der Waals surface area contributed by atoms with Crippen LogP contribution in [-0.4, -0.2) is 32.8 Å². The fourth-order valence-electron chi connectivity index (χ4n) is 1.42. The normalized spacial score (nSPS) is 10.5. The molecule has 0 saturated carbocycles. The van der Waals surface area contributed by atoms with E-state index in [1.807, 2.05) is 19.1 Å². The van der Waals surface area contributed by atoms with Crippen molar-refractivity contribution in [2.75, 3.05) is 6.54 Å². The summed E-state index contributed by atoms with van der Waals surface area (Å²) >= 11 is 7.33. The highest BCUT2D eigenvalue weighted by Crippen LogP contribution is 2.23. The number of carbonyl (C=O) groups excluding carboxylic acids is 1. The molecule has 0 bridgehead atoms. The molecular weight excluding hydrogens is 260 g/mol. The van der Waals surface area contributed by atoms with Gasteiger partial charge in [-0.3, -0.25) is 4.79 Å². The molecular formula is C10H11ClN4OS. The maximum atomic E-state index is 12.0. The lowest BCUT2D eigenvalue weighted by atomic mass is 10.3. The molecule has 1 N–H and O–H groups in total. The topological polar surface area (TPSA) is 61.9 Å². The van der Waals surface area contributed by atoms with Crippen LogP contribution in [0.2, 0.25) is 4.34 Å². The summed E-state index contributed by atoms with van der Waals surface area (Å²) in [6.07, 6.45) is 1.42. The van der Waals surface area contributed by atoms with E-state index in [4.69, 9.17) is 11.6 Å².